The molecule has 1 atom stereocenters. The van der Waals surface area contributed by atoms with E-state index in [0.717, 1.165) is 5.69 Å². The first-order valence-corrected chi connectivity index (χ1v) is 9.43. The third-order valence-electron chi connectivity index (χ3n) is 4.70. The molecule has 0 spiro atoms. The van der Waals surface area contributed by atoms with Crippen LogP contribution < -0.4 is 4.90 Å². The molecule has 0 aliphatic carbocycles. The lowest BCUT2D eigenvalue weighted by molar-refractivity contribution is -0.115. The monoisotopic (exact) mass is 339 g/mol. The molecule has 3 heteroatoms. The second-order valence-corrected chi connectivity index (χ2v) is 8.64. The average Bonchev–Trinajstić information content (AvgIpc) is 2.91. The largest absolute Gasteiger partial charge is 0.295 e. The molecule has 2 aromatic rings. The number of amides is 1. The van der Waals surface area contributed by atoms with Crippen molar-refractivity contribution in [2.45, 2.75) is 45.4 Å². The number of benzene rings is 2. The summed E-state index contributed by atoms with van der Waals surface area (Å²) in [6.45, 7) is 10.9. The molecule has 1 aliphatic heterocycles. The molecule has 1 heterocycles. The molecule has 3 rings (SSSR count). The van der Waals surface area contributed by atoms with Crippen molar-refractivity contribution in [3.63, 3.8) is 0 Å². The highest BCUT2D eigenvalue weighted by atomic mass is 32.2. The van der Waals surface area contributed by atoms with Crippen molar-refractivity contribution in [2.75, 3.05) is 10.7 Å². The Morgan fingerprint density at radius 3 is 2.25 bits per heavy atom. The molecule has 1 fully saturated rings. The van der Waals surface area contributed by atoms with Crippen LogP contribution in [-0.4, -0.2) is 11.7 Å². The number of carbonyl (C=O) groups excluding carboxylic acids is 1. The molecule has 1 amide bonds. The molecule has 126 valence electrons. The maximum atomic E-state index is 12.5. The molecule has 2 nitrogen and oxygen atoms in total. The third kappa shape index (κ3) is 3.23. The van der Waals surface area contributed by atoms with E-state index in [-0.39, 0.29) is 16.7 Å². The summed E-state index contributed by atoms with van der Waals surface area (Å²) in [6.07, 6.45) is 0. The number of anilines is 1. The zero-order valence-corrected chi connectivity index (χ0v) is 15.9. The van der Waals surface area contributed by atoms with Crippen LogP contribution in [0.25, 0.3) is 0 Å². The number of carbonyl (C=O) groups is 1. The van der Waals surface area contributed by atoms with Crippen molar-refractivity contribution in [3.05, 3.63) is 64.7 Å². The Hall–Kier alpha value is -1.74. The van der Waals surface area contributed by atoms with E-state index >= 15 is 0 Å². The van der Waals surface area contributed by atoms with Gasteiger partial charge in [0.1, 0.15) is 5.37 Å². The Morgan fingerprint density at radius 2 is 1.67 bits per heavy atom. The molecule has 1 aliphatic rings. The molecule has 2 aromatic carbocycles. The van der Waals surface area contributed by atoms with Gasteiger partial charge in [0.25, 0.3) is 0 Å². The van der Waals surface area contributed by atoms with Crippen molar-refractivity contribution < 1.29 is 4.79 Å². The molecule has 0 saturated carbocycles. The summed E-state index contributed by atoms with van der Waals surface area (Å²) < 4.78 is 0. The first-order valence-electron chi connectivity index (χ1n) is 8.39. The van der Waals surface area contributed by atoms with Crippen molar-refractivity contribution >= 4 is 23.4 Å². The number of hydrogen-bond acceptors (Lipinski definition) is 2. The minimum Gasteiger partial charge on any atom is -0.295 e. The van der Waals surface area contributed by atoms with Gasteiger partial charge in [0, 0.05) is 5.69 Å². The molecule has 0 bridgehead atoms. The molecule has 0 unspecified atom stereocenters. The van der Waals surface area contributed by atoms with Gasteiger partial charge >= 0.3 is 0 Å². The zero-order chi connectivity index (χ0) is 17.5. The van der Waals surface area contributed by atoms with Gasteiger partial charge in [-0.2, -0.15) is 0 Å². The quantitative estimate of drug-likeness (QED) is 0.732. The van der Waals surface area contributed by atoms with E-state index in [1.165, 1.54) is 22.3 Å². The zero-order valence-electron chi connectivity index (χ0n) is 15.1. The highest BCUT2D eigenvalue weighted by Crippen LogP contribution is 2.42. The molecule has 24 heavy (non-hydrogen) atoms. The van der Waals surface area contributed by atoms with Crippen LogP contribution in [0.4, 0.5) is 5.69 Å². The van der Waals surface area contributed by atoms with E-state index in [4.69, 9.17) is 0 Å². The van der Waals surface area contributed by atoms with Crippen LogP contribution >= 0.6 is 11.8 Å². The molecular weight excluding hydrogens is 314 g/mol. The smallest absolute Gasteiger partial charge is 0.238 e. The average molecular weight is 340 g/mol. The lowest BCUT2D eigenvalue weighted by Gasteiger charge is -2.26. The lowest BCUT2D eigenvalue weighted by Crippen LogP contribution is -2.28. The fourth-order valence-electron chi connectivity index (χ4n) is 2.97. The number of aryl methyl sites for hydroxylation is 2. The number of rotatable bonds is 2. The van der Waals surface area contributed by atoms with Gasteiger partial charge in [0.15, 0.2) is 0 Å². The van der Waals surface area contributed by atoms with E-state index < -0.39 is 0 Å². The number of hydrogen-bond donors (Lipinski definition) is 0. The predicted octanol–water partition coefficient (Wildman–Crippen LogP) is 5.38. The SMILES string of the molecule is Cc1ccc(N2C(=O)CS[C@H]2c2ccc(C(C)(C)C)cc2)cc1C. The summed E-state index contributed by atoms with van der Waals surface area (Å²) in [5.74, 6) is 0.728. The summed E-state index contributed by atoms with van der Waals surface area (Å²) >= 11 is 1.71. The van der Waals surface area contributed by atoms with E-state index in [1.54, 1.807) is 11.8 Å². The van der Waals surface area contributed by atoms with Gasteiger partial charge in [-0.15, -0.1) is 11.8 Å². The topological polar surface area (TPSA) is 20.3 Å². The van der Waals surface area contributed by atoms with Crippen LogP contribution in [0.5, 0.6) is 0 Å². The predicted molar refractivity (Wildman–Crippen MR) is 104 cm³/mol. The highest BCUT2D eigenvalue weighted by Gasteiger charge is 2.34. The second-order valence-electron chi connectivity index (χ2n) is 7.57. The van der Waals surface area contributed by atoms with Crippen molar-refractivity contribution in [3.8, 4) is 0 Å². The molecule has 0 radical (unpaired) electrons. The summed E-state index contributed by atoms with van der Waals surface area (Å²) in [4.78, 5) is 14.4. The minimum atomic E-state index is 0.0635. The molecule has 0 N–H and O–H groups in total. The fraction of sp³-hybridized carbons (Fsp3) is 0.381. The van der Waals surface area contributed by atoms with E-state index in [1.807, 2.05) is 4.90 Å². The van der Waals surface area contributed by atoms with Gasteiger partial charge in [-0.05, 0) is 53.6 Å². The lowest BCUT2D eigenvalue weighted by atomic mass is 9.86. The maximum Gasteiger partial charge on any atom is 0.238 e. The molecular formula is C21H25NOS. The van der Waals surface area contributed by atoms with E-state index in [9.17, 15) is 4.79 Å². The minimum absolute atomic E-state index is 0.0635. The summed E-state index contributed by atoms with van der Waals surface area (Å²) in [5, 5.41) is 0.0635. The van der Waals surface area contributed by atoms with Gasteiger partial charge in [-0.25, -0.2) is 0 Å². The van der Waals surface area contributed by atoms with Crippen LogP contribution in [0, 0.1) is 13.8 Å². The Labute approximate surface area is 149 Å². The van der Waals surface area contributed by atoms with Crippen LogP contribution in [0.3, 0.4) is 0 Å². The Balaban J connectivity index is 1.94. The first kappa shape index (κ1) is 17.1. The second kappa shape index (κ2) is 6.29. The third-order valence-corrected chi connectivity index (χ3v) is 5.91. The van der Waals surface area contributed by atoms with Gasteiger partial charge in [-0.1, -0.05) is 51.1 Å². The normalized spacial score (nSPS) is 18.3. The number of thioether (sulfide) groups is 1. The van der Waals surface area contributed by atoms with Crippen LogP contribution in [0.15, 0.2) is 42.5 Å². The Morgan fingerprint density at radius 1 is 1.00 bits per heavy atom. The van der Waals surface area contributed by atoms with Gasteiger partial charge < -0.3 is 0 Å². The Bertz CT molecular complexity index is 758. The van der Waals surface area contributed by atoms with Crippen molar-refractivity contribution in [2.24, 2.45) is 0 Å². The summed E-state index contributed by atoms with van der Waals surface area (Å²) in [7, 11) is 0. The van der Waals surface area contributed by atoms with Crippen LogP contribution in [0.2, 0.25) is 0 Å². The standard InChI is InChI=1S/C21H25NOS/c1-14-6-11-18(12-15(14)2)22-19(23)13-24-20(22)16-7-9-17(10-8-16)21(3,4)5/h6-12,20H,13H2,1-5H3/t20-/m0/s1. The van der Waals surface area contributed by atoms with Crippen LogP contribution in [-0.2, 0) is 10.2 Å². The van der Waals surface area contributed by atoms with Crippen LogP contribution in [0.1, 0.15) is 48.4 Å². The first-order chi connectivity index (χ1) is 11.3. The number of nitrogens with zero attached hydrogens (tertiary/aromatic N) is 1. The molecule has 1 saturated heterocycles. The van der Waals surface area contributed by atoms with Gasteiger partial charge in [0.2, 0.25) is 5.91 Å². The maximum absolute atomic E-state index is 12.5. The van der Waals surface area contributed by atoms with E-state index in [2.05, 4.69) is 77.1 Å². The van der Waals surface area contributed by atoms with Gasteiger partial charge in [0.05, 0.1) is 5.75 Å². The Kier molecular flexibility index (Phi) is 4.48. The van der Waals surface area contributed by atoms with E-state index in [0.29, 0.717) is 5.75 Å². The fourth-order valence-corrected chi connectivity index (χ4v) is 4.15. The van der Waals surface area contributed by atoms with Gasteiger partial charge in [-0.3, -0.25) is 9.69 Å². The van der Waals surface area contributed by atoms with Crippen molar-refractivity contribution in [1.82, 2.24) is 0 Å². The molecule has 0 aromatic heterocycles. The summed E-state index contributed by atoms with van der Waals surface area (Å²) in [6, 6.07) is 15.0. The van der Waals surface area contributed by atoms with Crippen molar-refractivity contribution in [1.29, 1.82) is 0 Å². The summed E-state index contributed by atoms with van der Waals surface area (Å²) in [5.41, 5.74) is 6.13. The highest BCUT2D eigenvalue weighted by molar-refractivity contribution is 8.00.